The van der Waals surface area contributed by atoms with Gasteiger partial charge in [0.2, 0.25) is 5.91 Å². The van der Waals surface area contributed by atoms with Crippen LogP contribution in [0.1, 0.15) is 58.3 Å². The summed E-state index contributed by atoms with van der Waals surface area (Å²) in [5, 5.41) is 0. The van der Waals surface area contributed by atoms with Crippen LogP contribution < -0.4 is 5.73 Å². The quantitative estimate of drug-likeness (QED) is 0.838. The maximum Gasteiger partial charge on any atom is 0.237 e. The molecule has 0 aliphatic carbocycles. The predicted octanol–water partition coefficient (Wildman–Crippen LogP) is 1.98. The Labute approximate surface area is 123 Å². The van der Waals surface area contributed by atoms with Crippen LogP contribution in [0.25, 0.3) is 0 Å². The van der Waals surface area contributed by atoms with Crippen molar-refractivity contribution in [2.24, 2.45) is 5.73 Å². The van der Waals surface area contributed by atoms with Crippen LogP contribution in [0.2, 0.25) is 0 Å². The predicted molar refractivity (Wildman–Crippen MR) is 82.5 cm³/mol. The molecule has 0 spiro atoms. The van der Waals surface area contributed by atoms with Crippen LogP contribution in [0.3, 0.4) is 0 Å². The van der Waals surface area contributed by atoms with Crippen molar-refractivity contribution in [1.82, 2.24) is 9.80 Å². The van der Waals surface area contributed by atoms with E-state index in [1.54, 1.807) is 0 Å². The van der Waals surface area contributed by atoms with Crippen molar-refractivity contribution in [3.63, 3.8) is 0 Å². The first kappa shape index (κ1) is 15.8. The third-order valence-corrected chi connectivity index (χ3v) is 5.01. The Morgan fingerprint density at radius 3 is 2.50 bits per heavy atom. The smallest absolute Gasteiger partial charge is 0.237 e. The molecule has 2 N–H and O–H groups in total. The van der Waals surface area contributed by atoms with Crippen molar-refractivity contribution in [2.75, 3.05) is 26.2 Å². The van der Waals surface area contributed by atoms with E-state index in [2.05, 4.69) is 16.7 Å². The molecule has 2 saturated heterocycles. The average molecular weight is 281 g/mol. The van der Waals surface area contributed by atoms with Crippen LogP contribution in [-0.2, 0) is 4.79 Å². The van der Waals surface area contributed by atoms with Crippen LogP contribution in [0.5, 0.6) is 0 Å². The Balaban J connectivity index is 1.91. The molecular formula is C16H31N3O. The van der Waals surface area contributed by atoms with E-state index in [1.807, 2.05) is 0 Å². The summed E-state index contributed by atoms with van der Waals surface area (Å²) in [5.41, 5.74) is 5.72. The first-order valence-electron chi connectivity index (χ1n) is 8.49. The summed E-state index contributed by atoms with van der Waals surface area (Å²) >= 11 is 0. The van der Waals surface area contributed by atoms with Crippen LogP contribution in [-0.4, -0.2) is 54.0 Å². The van der Waals surface area contributed by atoms with Gasteiger partial charge in [-0.1, -0.05) is 13.3 Å². The molecule has 0 saturated carbocycles. The fourth-order valence-corrected chi connectivity index (χ4v) is 3.81. The number of likely N-dealkylation sites (tertiary alicyclic amines) is 2. The van der Waals surface area contributed by atoms with Gasteiger partial charge in [0.05, 0.1) is 6.54 Å². The summed E-state index contributed by atoms with van der Waals surface area (Å²) in [6.07, 6.45) is 9.50. The third-order valence-electron chi connectivity index (χ3n) is 5.01. The normalized spacial score (nSPS) is 28.6. The summed E-state index contributed by atoms with van der Waals surface area (Å²) in [6.45, 7) is 5.58. The molecule has 2 fully saturated rings. The van der Waals surface area contributed by atoms with Crippen LogP contribution in [0.15, 0.2) is 0 Å². The zero-order valence-corrected chi connectivity index (χ0v) is 13.0. The minimum Gasteiger partial charge on any atom is -0.339 e. The highest BCUT2D eigenvalue weighted by Gasteiger charge is 2.29. The lowest BCUT2D eigenvalue weighted by Crippen LogP contribution is -2.51. The van der Waals surface area contributed by atoms with Gasteiger partial charge in [-0.25, -0.2) is 0 Å². The number of nitrogens with two attached hydrogens (primary N) is 1. The Morgan fingerprint density at radius 2 is 1.80 bits per heavy atom. The molecule has 1 amide bonds. The van der Waals surface area contributed by atoms with Crippen molar-refractivity contribution in [3.05, 3.63) is 0 Å². The number of carbonyl (C=O) groups is 1. The van der Waals surface area contributed by atoms with Crippen LogP contribution in [0, 0.1) is 0 Å². The summed E-state index contributed by atoms with van der Waals surface area (Å²) < 4.78 is 0. The lowest BCUT2D eigenvalue weighted by molar-refractivity contribution is -0.137. The van der Waals surface area contributed by atoms with Crippen LogP contribution in [0.4, 0.5) is 0 Å². The van der Waals surface area contributed by atoms with E-state index in [1.165, 1.54) is 38.5 Å². The molecule has 2 atom stereocenters. The number of hydrogen-bond acceptors (Lipinski definition) is 3. The second-order valence-electron chi connectivity index (χ2n) is 6.34. The van der Waals surface area contributed by atoms with E-state index in [-0.39, 0.29) is 0 Å². The monoisotopic (exact) mass is 281 g/mol. The van der Waals surface area contributed by atoms with Crippen molar-refractivity contribution < 1.29 is 4.79 Å². The highest BCUT2D eigenvalue weighted by Crippen LogP contribution is 2.22. The SMILES string of the molecule is CCC1CCCCN1C(=O)CN1CCCCC1CCN. The third kappa shape index (κ3) is 3.95. The molecule has 116 valence electrons. The standard InChI is InChI=1S/C16H31N3O/c1-2-14-7-4-6-12-19(14)16(20)13-18-11-5-3-8-15(18)9-10-17/h14-15H,2-13,17H2,1H3. The van der Waals surface area contributed by atoms with E-state index in [4.69, 9.17) is 5.73 Å². The molecule has 0 bridgehead atoms. The van der Waals surface area contributed by atoms with E-state index >= 15 is 0 Å². The number of rotatable bonds is 5. The van der Waals surface area contributed by atoms with E-state index < -0.39 is 0 Å². The van der Waals surface area contributed by atoms with Crippen molar-refractivity contribution in [3.8, 4) is 0 Å². The highest BCUT2D eigenvalue weighted by molar-refractivity contribution is 5.78. The lowest BCUT2D eigenvalue weighted by atomic mass is 9.98. The molecule has 0 aromatic heterocycles. The van der Waals surface area contributed by atoms with Gasteiger partial charge < -0.3 is 10.6 Å². The Hall–Kier alpha value is -0.610. The number of amides is 1. The number of carbonyl (C=O) groups excluding carboxylic acids is 1. The summed E-state index contributed by atoms with van der Waals surface area (Å²) in [4.78, 5) is 17.2. The fourth-order valence-electron chi connectivity index (χ4n) is 3.81. The van der Waals surface area contributed by atoms with Gasteiger partial charge in [-0.2, -0.15) is 0 Å². The van der Waals surface area contributed by atoms with Crippen molar-refractivity contribution in [1.29, 1.82) is 0 Å². The second-order valence-corrected chi connectivity index (χ2v) is 6.34. The van der Waals surface area contributed by atoms with E-state index in [0.29, 0.717) is 24.5 Å². The largest absolute Gasteiger partial charge is 0.339 e. The second kappa shape index (κ2) is 7.99. The lowest BCUT2D eigenvalue weighted by Gasteiger charge is -2.40. The highest BCUT2D eigenvalue weighted by atomic mass is 16.2. The Kier molecular flexibility index (Phi) is 6.30. The molecular weight excluding hydrogens is 250 g/mol. The van der Waals surface area contributed by atoms with Crippen molar-refractivity contribution >= 4 is 5.91 Å². The van der Waals surface area contributed by atoms with Gasteiger partial charge in [0.15, 0.2) is 0 Å². The fraction of sp³-hybridized carbons (Fsp3) is 0.938. The van der Waals surface area contributed by atoms with E-state index in [0.717, 1.165) is 32.5 Å². The molecule has 2 aliphatic rings. The molecule has 0 aromatic carbocycles. The molecule has 2 heterocycles. The topological polar surface area (TPSA) is 49.6 Å². The molecule has 4 heteroatoms. The first-order chi connectivity index (χ1) is 9.76. The van der Waals surface area contributed by atoms with Crippen LogP contribution >= 0.6 is 0 Å². The molecule has 0 radical (unpaired) electrons. The van der Waals surface area contributed by atoms with Gasteiger partial charge in [0.1, 0.15) is 0 Å². The number of nitrogens with zero attached hydrogens (tertiary/aromatic N) is 2. The summed E-state index contributed by atoms with van der Waals surface area (Å²) in [7, 11) is 0. The Bertz CT molecular complexity index is 306. The zero-order valence-electron chi connectivity index (χ0n) is 13.0. The van der Waals surface area contributed by atoms with Gasteiger partial charge in [0.25, 0.3) is 0 Å². The molecule has 2 unspecified atom stereocenters. The molecule has 4 nitrogen and oxygen atoms in total. The van der Waals surface area contributed by atoms with Gasteiger partial charge in [0, 0.05) is 18.6 Å². The van der Waals surface area contributed by atoms with Gasteiger partial charge in [-0.05, 0) is 58.0 Å². The maximum atomic E-state index is 12.6. The van der Waals surface area contributed by atoms with Crippen molar-refractivity contribution in [2.45, 2.75) is 70.4 Å². The molecule has 20 heavy (non-hydrogen) atoms. The Morgan fingerprint density at radius 1 is 1.10 bits per heavy atom. The van der Waals surface area contributed by atoms with Gasteiger partial charge in [-0.15, -0.1) is 0 Å². The minimum atomic E-state index is 0.348. The molecule has 2 aliphatic heterocycles. The van der Waals surface area contributed by atoms with Gasteiger partial charge >= 0.3 is 0 Å². The summed E-state index contributed by atoms with van der Waals surface area (Å²) in [6, 6.07) is 1.01. The maximum absolute atomic E-state index is 12.6. The number of piperidine rings is 2. The van der Waals surface area contributed by atoms with Gasteiger partial charge in [-0.3, -0.25) is 9.69 Å². The average Bonchev–Trinajstić information content (AvgIpc) is 2.49. The summed E-state index contributed by atoms with van der Waals surface area (Å²) in [5.74, 6) is 0.348. The minimum absolute atomic E-state index is 0.348. The molecule has 0 aromatic rings. The molecule has 2 rings (SSSR count). The number of hydrogen-bond donors (Lipinski definition) is 1. The zero-order chi connectivity index (χ0) is 14.4. The first-order valence-corrected chi connectivity index (χ1v) is 8.49. The van der Waals surface area contributed by atoms with E-state index in [9.17, 15) is 4.79 Å².